The van der Waals surface area contributed by atoms with Crippen LogP contribution in [0.15, 0.2) is 89.1 Å². The van der Waals surface area contributed by atoms with E-state index in [-0.39, 0.29) is 11.2 Å². The van der Waals surface area contributed by atoms with Gasteiger partial charge in [-0.1, -0.05) is 72.4 Å². The van der Waals surface area contributed by atoms with E-state index in [0.717, 1.165) is 16.7 Å². The van der Waals surface area contributed by atoms with E-state index in [0.29, 0.717) is 29.7 Å². The molecule has 0 aliphatic carbocycles. The summed E-state index contributed by atoms with van der Waals surface area (Å²) in [6.07, 6.45) is 2.27. The molecule has 0 spiro atoms. The molecule has 1 unspecified atom stereocenters. The maximum absolute atomic E-state index is 12.2. The van der Waals surface area contributed by atoms with E-state index in [1.165, 1.54) is 11.8 Å². The van der Waals surface area contributed by atoms with Crippen LogP contribution in [0.4, 0.5) is 0 Å². The largest absolute Gasteiger partial charge is 0.493 e. The first-order valence-corrected chi connectivity index (χ1v) is 11.1. The fourth-order valence-electron chi connectivity index (χ4n) is 3.18. The molecule has 1 saturated heterocycles. The quantitative estimate of drug-likeness (QED) is 0.411. The van der Waals surface area contributed by atoms with E-state index in [1.54, 1.807) is 13.3 Å². The third kappa shape index (κ3) is 5.76. The van der Waals surface area contributed by atoms with Crippen molar-refractivity contribution in [3.63, 3.8) is 0 Å². The van der Waals surface area contributed by atoms with E-state index in [9.17, 15) is 4.79 Å². The van der Waals surface area contributed by atoms with Crippen molar-refractivity contribution >= 4 is 29.1 Å². The number of ether oxygens (including phenoxy) is 2. The van der Waals surface area contributed by atoms with Crippen molar-refractivity contribution in [1.29, 1.82) is 0 Å². The number of benzene rings is 3. The Morgan fingerprint density at radius 2 is 1.69 bits per heavy atom. The van der Waals surface area contributed by atoms with Gasteiger partial charge in [-0.25, -0.2) is 0 Å². The maximum Gasteiger partial charge on any atom is 0.239 e. The molecule has 1 aliphatic heterocycles. The van der Waals surface area contributed by atoms with E-state index >= 15 is 0 Å². The molecule has 0 bridgehead atoms. The van der Waals surface area contributed by atoms with Gasteiger partial charge in [-0.2, -0.15) is 5.10 Å². The van der Waals surface area contributed by atoms with Crippen molar-refractivity contribution < 1.29 is 14.3 Å². The minimum absolute atomic E-state index is 0.0469. The summed E-state index contributed by atoms with van der Waals surface area (Å²) in [4.78, 5) is 12.2. The van der Waals surface area contributed by atoms with Gasteiger partial charge in [0.15, 0.2) is 16.7 Å². The smallest absolute Gasteiger partial charge is 0.239 e. The molecule has 0 saturated carbocycles. The zero-order valence-electron chi connectivity index (χ0n) is 17.6. The summed E-state index contributed by atoms with van der Waals surface area (Å²) in [5, 5.41) is 11.4. The monoisotopic (exact) mass is 445 g/mol. The maximum atomic E-state index is 12.2. The first-order valence-electron chi connectivity index (χ1n) is 10.2. The van der Waals surface area contributed by atoms with Crippen molar-refractivity contribution in [2.45, 2.75) is 18.3 Å². The Balaban J connectivity index is 1.36. The van der Waals surface area contributed by atoms with Crippen LogP contribution in [0.5, 0.6) is 11.5 Å². The van der Waals surface area contributed by atoms with E-state index in [1.807, 2.05) is 78.9 Å². The Morgan fingerprint density at radius 1 is 0.969 bits per heavy atom. The van der Waals surface area contributed by atoms with Gasteiger partial charge in [0.05, 0.1) is 18.6 Å². The Morgan fingerprint density at radius 3 is 2.41 bits per heavy atom. The molecule has 7 heteroatoms. The molecule has 0 aromatic heterocycles. The summed E-state index contributed by atoms with van der Waals surface area (Å²) in [7, 11) is 1.60. The summed E-state index contributed by atoms with van der Waals surface area (Å²) in [5.74, 6) is 1.22. The van der Waals surface area contributed by atoms with Crippen molar-refractivity contribution in [3.05, 3.63) is 95.6 Å². The summed E-state index contributed by atoms with van der Waals surface area (Å²) < 4.78 is 11.3. The number of methoxy groups -OCH3 is 1. The van der Waals surface area contributed by atoms with Crippen LogP contribution < -0.4 is 14.8 Å². The third-order valence-electron chi connectivity index (χ3n) is 4.82. The van der Waals surface area contributed by atoms with Crippen molar-refractivity contribution in [2.24, 2.45) is 10.2 Å². The molecule has 1 amide bonds. The fourth-order valence-corrected chi connectivity index (χ4v) is 4.15. The molecule has 0 radical (unpaired) electrons. The number of nitrogens with one attached hydrogen (secondary N) is 1. The average Bonchev–Trinajstić information content (AvgIpc) is 3.18. The molecular weight excluding hydrogens is 422 g/mol. The van der Waals surface area contributed by atoms with Gasteiger partial charge in [-0.15, -0.1) is 5.10 Å². The van der Waals surface area contributed by atoms with Gasteiger partial charge in [-0.05, 0) is 41.3 Å². The second-order valence-corrected chi connectivity index (χ2v) is 8.31. The number of nitrogens with zero attached hydrogens (tertiary/aromatic N) is 2. The van der Waals surface area contributed by atoms with Crippen LogP contribution in [0.1, 0.15) is 16.7 Å². The van der Waals surface area contributed by atoms with Crippen LogP contribution >= 0.6 is 11.8 Å². The molecule has 1 heterocycles. The number of hydrogen-bond acceptors (Lipinski definition) is 6. The first kappa shape index (κ1) is 21.6. The predicted octanol–water partition coefficient (Wildman–Crippen LogP) is 4.44. The summed E-state index contributed by atoms with van der Waals surface area (Å²) in [6, 6.07) is 25.4. The summed E-state index contributed by atoms with van der Waals surface area (Å²) in [5.41, 5.74) is 3.01. The molecule has 32 heavy (non-hydrogen) atoms. The number of carbonyl (C=O) groups excluding carboxylic acids is 1. The van der Waals surface area contributed by atoms with Gasteiger partial charge in [0.25, 0.3) is 0 Å². The van der Waals surface area contributed by atoms with Gasteiger partial charge in [-0.3, -0.25) is 4.79 Å². The lowest BCUT2D eigenvalue weighted by Gasteiger charge is -2.11. The highest BCUT2D eigenvalue weighted by Crippen LogP contribution is 2.28. The Labute approximate surface area is 191 Å². The highest BCUT2D eigenvalue weighted by molar-refractivity contribution is 8.15. The molecule has 3 aromatic carbocycles. The molecule has 6 nitrogen and oxygen atoms in total. The minimum Gasteiger partial charge on any atom is -0.493 e. The topological polar surface area (TPSA) is 72.3 Å². The highest BCUT2D eigenvalue weighted by atomic mass is 32.2. The lowest BCUT2D eigenvalue weighted by Crippen LogP contribution is -2.25. The van der Waals surface area contributed by atoms with Gasteiger partial charge in [0.2, 0.25) is 5.91 Å². The zero-order valence-corrected chi connectivity index (χ0v) is 18.4. The number of amides is 1. The standard InChI is InChI=1S/C25H23N3O3S/c1-30-22-14-20(12-13-21(22)31-17-19-10-6-3-7-11-19)16-26-28-25-27-24(29)23(32-25)15-18-8-4-2-5-9-18/h2-14,16,23H,15,17H2,1H3,(H,27,28,29)/b26-16+. The molecule has 4 rings (SSSR count). The lowest BCUT2D eigenvalue weighted by molar-refractivity contribution is -0.118. The molecule has 1 N–H and O–H groups in total. The van der Waals surface area contributed by atoms with Gasteiger partial charge < -0.3 is 14.8 Å². The summed E-state index contributed by atoms with van der Waals surface area (Å²) in [6.45, 7) is 0.458. The summed E-state index contributed by atoms with van der Waals surface area (Å²) >= 11 is 1.39. The number of rotatable bonds is 8. The van der Waals surface area contributed by atoms with Crippen LogP contribution in [0.3, 0.4) is 0 Å². The SMILES string of the molecule is COc1cc(/C=N/N=C2\NC(=O)C(Cc3ccccc3)S2)ccc1OCc1ccccc1. The van der Waals surface area contributed by atoms with Crippen molar-refractivity contribution in [3.8, 4) is 11.5 Å². The molecule has 3 aromatic rings. The van der Waals surface area contributed by atoms with E-state index in [2.05, 4.69) is 15.5 Å². The number of hydrogen-bond donors (Lipinski definition) is 1. The minimum atomic E-state index is -0.201. The second kappa shape index (κ2) is 10.6. The van der Waals surface area contributed by atoms with Crippen LogP contribution in [0.2, 0.25) is 0 Å². The molecule has 162 valence electrons. The van der Waals surface area contributed by atoms with Crippen LogP contribution in [-0.4, -0.2) is 29.6 Å². The van der Waals surface area contributed by atoms with Gasteiger partial charge in [0.1, 0.15) is 6.61 Å². The van der Waals surface area contributed by atoms with Gasteiger partial charge >= 0.3 is 0 Å². The molecule has 1 aliphatic rings. The third-order valence-corrected chi connectivity index (χ3v) is 5.89. The van der Waals surface area contributed by atoms with Crippen molar-refractivity contribution in [1.82, 2.24) is 5.32 Å². The number of carbonyl (C=O) groups is 1. The normalized spacial score (nSPS) is 17.0. The predicted molar refractivity (Wildman–Crippen MR) is 128 cm³/mol. The Hall–Kier alpha value is -3.58. The zero-order chi connectivity index (χ0) is 22.2. The second-order valence-electron chi connectivity index (χ2n) is 7.12. The van der Waals surface area contributed by atoms with Crippen LogP contribution in [0, 0.1) is 0 Å². The Bertz CT molecular complexity index is 1120. The highest BCUT2D eigenvalue weighted by Gasteiger charge is 2.30. The first-order chi connectivity index (χ1) is 15.7. The molecular formula is C25H23N3O3S. The number of thioether (sulfide) groups is 1. The lowest BCUT2D eigenvalue weighted by atomic mass is 10.1. The molecule has 1 fully saturated rings. The Kier molecular flexibility index (Phi) is 7.19. The average molecular weight is 446 g/mol. The molecule has 1 atom stereocenters. The van der Waals surface area contributed by atoms with Crippen molar-refractivity contribution in [2.75, 3.05) is 7.11 Å². The fraction of sp³-hybridized carbons (Fsp3) is 0.160. The van der Waals surface area contributed by atoms with Crippen LogP contribution in [-0.2, 0) is 17.8 Å². The van der Waals surface area contributed by atoms with E-state index < -0.39 is 0 Å². The van der Waals surface area contributed by atoms with Gasteiger partial charge in [0, 0.05) is 0 Å². The van der Waals surface area contributed by atoms with Crippen LogP contribution in [0.25, 0.3) is 0 Å². The van der Waals surface area contributed by atoms with E-state index in [4.69, 9.17) is 9.47 Å². The number of amidine groups is 1.